The molecule has 1 aliphatic heterocycles. The topological polar surface area (TPSA) is 66.9 Å². The van der Waals surface area contributed by atoms with Crippen LogP contribution in [0.3, 0.4) is 0 Å². The molecule has 1 aliphatic rings. The lowest BCUT2D eigenvalue weighted by Crippen LogP contribution is -2.54. The number of aromatic nitrogens is 4. The Bertz CT molecular complexity index is 1320. The fourth-order valence-electron chi connectivity index (χ4n) is 4.28. The minimum atomic E-state index is -0.445. The number of nitrogens with zero attached hydrogens (tertiary/aromatic N) is 5. The fraction of sp³-hybridized carbons (Fsp3) is 0.318. The summed E-state index contributed by atoms with van der Waals surface area (Å²) in [5, 5.41) is 3.51. The molecule has 5 heterocycles. The van der Waals surface area contributed by atoms with Crippen molar-refractivity contribution in [1.82, 2.24) is 24.1 Å². The molecule has 7 nitrogen and oxygen atoms in total. The van der Waals surface area contributed by atoms with E-state index in [0.29, 0.717) is 29.0 Å². The van der Waals surface area contributed by atoms with E-state index in [0.717, 1.165) is 24.5 Å². The number of piperazine rings is 1. The molecule has 1 N–H and O–H groups in total. The molecule has 4 aromatic rings. The van der Waals surface area contributed by atoms with Crippen molar-refractivity contribution in [1.29, 1.82) is 0 Å². The second-order valence-electron chi connectivity index (χ2n) is 8.16. The van der Waals surface area contributed by atoms with Crippen molar-refractivity contribution >= 4 is 17.0 Å². The van der Waals surface area contributed by atoms with E-state index >= 15 is 0 Å². The van der Waals surface area contributed by atoms with Gasteiger partial charge in [0.25, 0.3) is 5.56 Å². The molecule has 5 rings (SSSR count). The van der Waals surface area contributed by atoms with Gasteiger partial charge in [0.15, 0.2) is 11.5 Å². The molecule has 1 saturated heterocycles. The third-order valence-electron chi connectivity index (χ3n) is 5.49. The molecule has 8 heteroatoms. The summed E-state index contributed by atoms with van der Waals surface area (Å²) in [6, 6.07) is 7.39. The lowest BCUT2D eigenvalue weighted by atomic mass is 10.1. The van der Waals surface area contributed by atoms with Crippen LogP contribution in [0.25, 0.3) is 22.6 Å². The number of aryl methyl sites for hydroxylation is 1. The van der Waals surface area contributed by atoms with E-state index in [1.165, 1.54) is 12.1 Å². The van der Waals surface area contributed by atoms with Gasteiger partial charge in [-0.3, -0.25) is 9.20 Å². The minimum Gasteiger partial charge on any atom is -0.367 e. The highest BCUT2D eigenvalue weighted by molar-refractivity contribution is 5.64. The van der Waals surface area contributed by atoms with Crippen LogP contribution < -0.4 is 15.8 Å². The van der Waals surface area contributed by atoms with Crippen LogP contribution in [-0.4, -0.2) is 43.9 Å². The number of imidazole rings is 1. The van der Waals surface area contributed by atoms with Crippen LogP contribution in [0.5, 0.6) is 0 Å². The van der Waals surface area contributed by atoms with Crippen molar-refractivity contribution < 1.29 is 4.39 Å². The lowest BCUT2D eigenvalue weighted by molar-refractivity contribution is 0.407. The summed E-state index contributed by atoms with van der Waals surface area (Å²) in [5.41, 5.74) is 3.27. The van der Waals surface area contributed by atoms with Crippen molar-refractivity contribution in [2.24, 2.45) is 0 Å². The molecule has 0 radical (unpaired) electrons. The van der Waals surface area contributed by atoms with E-state index in [4.69, 9.17) is 0 Å². The number of fused-ring (bicyclic) bond motifs is 2. The molecular formula is C22H23FN6O. The number of pyridine rings is 2. The van der Waals surface area contributed by atoms with E-state index < -0.39 is 5.82 Å². The Kier molecular flexibility index (Phi) is 4.32. The van der Waals surface area contributed by atoms with Crippen LogP contribution in [0.1, 0.15) is 19.5 Å². The molecule has 4 aromatic heterocycles. The summed E-state index contributed by atoms with van der Waals surface area (Å²) in [5.74, 6) is -0.445. The van der Waals surface area contributed by atoms with Crippen molar-refractivity contribution in [2.75, 3.05) is 18.0 Å². The molecular weight excluding hydrogens is 383 g/mol. The minimum absolute atomic E-state index is 0.199. The molecule has 0 amide bonds. The Morgan fingerprint density at radius 2 is 1.83 bits per heavy atom. The first-order valence-electron chi connectivity index (χ1n) is 10.1. The summed E-state index contributed by atoms with van der Waals surface area (Å²) >= 11 is 0. The number of hydrogen-bond acceptors (Lipinski definition) is 5. The van der Waals surface area contributed by atoms with Crippen LogP contribution in [0.4, 0.5) is 10.1 Å². The highest BCUT2D eigenvalue weighted by Gasteiger charge is 2.21. The predicted octanol–water partition coefficient (Wildman–Crippen LogP) is 2.64. The zero-order valence-electron chi connectivity index (χ0n) is 17.1. The van der Waals surface area contributed by atoms with Gasteiger partial charge in [-0.1, -0.05) is 0 Å². The van der Waals surface area contributed by atoms with Gasteiger partial charge in [0.05, 0.1) is 17.1 Å². The third-order valence-corrected chi connectivity index (χ3v) is 5.49. The van der Waals surface area contributed by atoms with Gasteiger partial charge in [0, 0.05) is 55.4 Å². The zero-order chi connectivity index (χ0) is 21.0. The molecule has 0 aliphatic carbocycles. The first-order valence-corrected chi connectivity index (χ1v) is 10.1. The molecule has 0 saturated carbocycles. The number of nitrogens with one attached hydrogen (secondary N) is 1. The fourth-order valence-corrected chi connectivity index (χ4v) is 4.28. The van der Waals surface area contributed by atoms with Crippen LogP contribution >= 0.6 is 0 Å². The number of rotatable bonds is 2. The molecule has 0 unspecified atom stereocenters. The van der Waals surface area contributed by atoms with Crippen molar-refractivity contribution in [3.05, 3.63) is 64.7 Å². The van der Waals surface area contributed by atoms with Gasteiger partial charge < -0.3 is 14.6 Å². The molecule has 2 atom stereocenters. The maximum absolute atomic E-state index is 14.5. The monoisotopic (exact) mass is 406 g/mol. The van der Waals surface area contributed by atoms with Crippen LogP contribution in [0.15, 0.2) is 47.7 Å². The predicted molar refractivity (Wildman–Crippen MR) is 115 cm³/mol. The Labute approximate surface area is 172 Å². The second kappa shape index (κ2) is 6.91. The highest BCUT2D eigenvalue weighted by atomic mass is 19.1. The van der Waals surface area contributed by atoms with Crippen molar-refractivity contribution in [3.63, 3.8) is 0 Å². The maximum atomic E-state index is 14.5. The van der Waals surface area contributed by atoms with E-state index in [-0.39, 0.29) is 11.2 Å². The SMILES string of the molecule is Cc1cn2cc(-c3cc(=O)n4cc(N5C[C@@H](C)N[C@@H](C)C5)ccc4n3)cc(F)c2n1. The van der Waals surface area contributed by atoms with Gasteiger partial charge >= 0.3 is 0 Å². The van der Waals surface area contributed by atoms with E-state index in [1.807, 2.05) is 25.3 Å². The average Bonchev–Trinajstić information content (AvgIpc) is 3.08. The standard InChI is InChI=1S/C22H23FN6O/c1-13-8-27(9-14(2)24-13)17-4-5-20-26-19(7-21(30)29(20)12-17)16-6-18(23)22-25-15(3)10-28(22)11-16/h4-7,10-14,24H,8-9H2,1-3H3/t13-,14+. The Hall–Kier alpha value is -3.26. The molecule has 0 aromatic carbocycles. The Morgan fingerprint density at radius 1 is 1.07 bits per heavy atom. The van der Waals surface area contributed by atoms with Gasteiger partial charge in [-0.15, -0.1) is 0 Å². The van der Waals surface area contributed by atoms with Gasteiger partial charge in [-0.2, -0.15) is 0 Å². The maximum Gasteiger partial charge on any atom is 0.258 e. The van der Waals surface area contributed by atoms with Crippen LogP contribution in [-0.2, 0) is 0 Å². The van der Waals surface area contributed by atoms with Gasteiger partial charge in [-0.05, 0) is 39.0 Å². The molecule has 0 spiro atoms. The summed E-state index contributed by atoms with van der Waals surface area (Å²) in [7, 11) is 0. The Balaban J connectivity index is 1.57. The summed E-state index contributed by atoms with van der Waals surface area (Å²) in [6.07, 6.45) is 5.33. The number of hydrogen-bond donors (Lipinski definition) is 1. The first-order chi connectivity index (χ1) is 14.4. The van der Waals surface area contributed by atoms with Crippen molar-refractivity contribution in [3.8, 4) is 11.3 Å². The van der Waals surface area contributed by atoms with E-state index in [1.54, 1.807) is 21.2 Å². The van der Waals surface area contributed by atoms with E-state index in [9.17, 15) is 9.18 Å². The summed E-state index contributed by atoms with van der Waals surface area (Å²) < 4.78 is 17.6. The summed E-state index contributed by atoms with van der Waals surface area (Å²) in [4.78, 5) is 23.9. The Morgan fingerprint density at radius 3 is 2.60 bits per heavy atom. The molecule has 154 valence electrons. The van der Waals surface area contributed by atoms with Crippen LogP contribution in [0, 0.1) is 12.7 Å². The second-order valence-corrected chi connectivity index (χ2v) is 8.16. The quantitative estimate of drug-likeness (QED) is 0.554. The van der Waals surface area contributed by atoms with Gasteiger partial charge in [-0.25, -0.2) is 14.4 Å². The van der Waals surface area contributed by atoms with Gasteiger partial charge in [0.1, 0.15) is 5.65 Å². The lowest BCUT2D eigenvalue weighted by Gasteiger charge is -2.37. The highest BCUT2D eigenvalue weighted by Crippen LogP contribution is 2.22. The zero-order valence-corrected chi connectivity index (χ0v) is 17.1. The normalized spacial score (nSPS) is 19.7. The van der Waals surface area contributed by atoms with Crippen molar-refractivity contribution in [2.45, 2.75) is 32.9 Å². The van der Waals surface area contributed by atoms with Gasteiger partial charge in [0.2, 0.25) is 0 Å². The van der Waals surface area contributed by atoms with Crippen LogP contribution in [0.2, 0.25) is 0 Å². The number of anilines is 1. The molecule has 0 bridgehead atoms. The first kappa shape index (κ1) is 18.7. The molecule has 1 fully saturated rings. The largest absolute Gasteiger partial charge is 0.367 e. The smallest absolute Gasteiger partial charge is 0.258 e. The average molecular weight is 406 g/mol. The number of halogens is 1. The molecule has 30 heavy (non-hydrogen) atoms. The summed E-state index contributed by atoms with van der Waals surface area (Å²) in [6.45, 7) is 7.87. The van der Waals surface area contributed by atoms with E-state index in [2.05, 4.69) is 34.0 Å². The third kappa shape index (κ3) is 3.23.